The number of hydrogen-bond acceptors (Lipinski definition) is 4. The number of aryl methyl sites for hydroxylation is 1. The molecule has 3 N–H and O–H groups in total. The van der Waals surface area contributed by atoms with Crippen LogP contribution in [0.2, 0.25) is 0 Å². The Morgan fingerprint density at radius 2 is 2.21 bits per heavy atom. The van der Waals surface area contributed by atoms with Gasteiger partial charge in [0.2, 0.25) is 0 Å². The van der Waals surface area contributed by atoms with Gasteiger partial charge < -0.3 is 15.3 Å². The van der Waals surface area contributed by atoms with Crippen LogP contribution in [0.4, 0.5) is 4.79 Å². The van der Waals surface area contributed by atoms with Gasteiger partial charge in [-0.1, -0.05) is 0 Å². The molecule has 0 radical (unpaired) electrons. The first-order valence-electron chi connectivity index (χ1n) is 6.07. The minimum Gasteiger partial charge on any atom is -0.480 e. The third-order valence-electron chi connectivity index (χ3n) is 3.33. The molecule has 0 unspecified atom stereocenters. The fraction of sp³-hybridized carbons (Fsp3) is 0.636. The van der Waals surface area contributed by atoms with Crippen LogP contribution < -0.4 is 5.32 Å². The average molecular weight is 267 g/mol. The van der Waals surface area contributed by atoms with E-state index in [0.717, 1.165) is 6.42 Å². The Morgan fingerprint density at radius 1 is 1.53 bits per heavy atom. The Balaban J connectivity index is 1.94. The summed E-state index contributed by atoms with van der Waals surface area (Å²) in [5, 5.41) is 18.3. The largest absolute Gasteiger partial charge is 0.480 e. The standard InChI is InChI=1S/C11H17N5O3/c1-7-12-8(15-14-7)6-16(2)10(19)13-11(9(17)18)4-3-5-11/h3-6H2,1-2H3,(H,13,19)(H,17,18)(H,12,14,15). The number of aromatic amines is 1. The van der Waals surface area contributed by atoms with Crippen molar-refractivity contribution in [2.45, 2.75) is 38.3 Å². The molecular formula is C11H17N5O3. The molecule has 0 spiro atoms. The summed E-state index contributed by atoms with van der Waals surface area (Å²) in [4.78, 5) is 28.6. The minimum absolute atomic E-state index is 0.228. The molecule has 1 aliphatic carbocycles. The van der Waals surface area contributed by atoms with E-state index in [4.69, 9.17) is 5.11 Å². The van der Waals surface area contributed by atoms with Crippen molar-refractivity contribution in [3.8, 4) is 0 Å². The summed E-state index contributed by atoms with van der Waals surface area (Å²) in [5.41, 5.74) is -1.10. The first-order valence-corrected chi connectivity index (χ1v) is 6.07. The quantitative estimate of drug-likeness (QED) is 0.724. The molecule has 0 bridgehead atoms. The number of carbonyl (C=O) groups excluding carboxylic acids is 1. The smallest absolute Gasteiger partial charge is 0.329 e. The van der Waals surface area contributed by atoms with Gasteiger partial charge in [-0.2, -0.15) is 5.10 Å². The first kappa shape index (κ1) is 13.3. The molecule has 2 rings (SSSR count). The van der Waals surface area contributed by atoms with E-state index in [1.807, 2.05) is 0 Å². The molecule has 1 aliphatic rings. The zero-order valence-electron chi connectivity index (χ0n) is 10.9. The Bertz CT molecular complexity index is 494. The number of carbonyl (C=O) groups is 2. The van der Waals surface area contributed by atoms with Crippen molar-refractivity contribution < 1.29 is 14.7 Å². The van der Waals surface area contributed by atoms with Gasteiger partial charge >= 0.3 is 12.0 Å². The van der Waals surface area contributed by atoms with Crippen LogP contribution in [0.1, 0.15) is 30.9 Å². The predicted molar refractivity (Wildman–Crippen MR) is 65.3 cm³/mol. The number of carboxylic acids is 1. The maximum Gasteiger partial charge on any atom is 0.329 e. The van der Waals surface area contributed by atoms with Crippen molar-refractivity contribution in [3.05, 3.63) is 11.6 Å². The fourth-order valence-corrected chi connectivity index (χ4v) is 1.97. The molecule has 1 aromatic heterocycles. The molecule has 104 valence electrons. The maximum absolute atomic E-state index is 12.0. The van der Waals surface area contributed by atoms with Crippen LogP contribution in [0.3, 0.4) is 0 Å². The van der Waals surface area contributed by atoms with Crippen molar-refractivity contribution in [3.63, 3.8) is 0 Å². The van der Waals surface area contributed by atoms with Gasteiger partial charge in [-0.15, -0.1) is 0 Å². The molecule has 8 heteroatoms. The second kappa shape index (κ2) is 4.87. The molecule has 19 heavy (non-hydrogen) atoms. The molecule has 2 amide bonds. The number of amides is 2. The van der Waals surface area contributed by atoms with Crippen LogP contribution in [-0.2, 0) is 11.3 Å². The van der Waals surface area contributed by atoms with Crippen LogP contribution in [0.5, 0.6) is 0 Å². The van der Waals surface area contributed by atoms with Crippen molar-refractivity contribution in [1.82, 2.24) is 25.4 Å². The van der Waals surface area contributed by atoms with Gasteiger partial charge in [0.1, 0.15) is 11.4 Å². The molecule has 1 saturated carbocycles. The number of nitrogens with one attached hydrogen (secondary N) is 2. The summed E-state index contributed by atoms with van der Waals surface area (Å²) in [7, 11) is 1.58. The van der Waals surface area contributed by atoms with E-state index in [9.17, 15) is 9.59 Å². The predicted octanol–water partition coefficient (Wildman–Crippen LogP) is 0.262. The number of rotatable bonds is 4. The van der Waals surface area contributed by atoms with Gasteiger partial charge in [-0.25, -0.2) is 14.6 Å². The molecule has 0 atom stereocenters. The zero-order chi connectivity index (χ0) is 14.0. The maximum atomic E-state index is 12.0. The summed E-state index contributed by atoms with van der Waals surface area (Å²) in [6, 6.07) is -0.426. The molecule has 1 aromatic rings. The lowest BCUT2D eigenvalue weighted by Crippen LogP contribution is -2.61. The van der Waals surface area contributed by atoms with E-state index in [-0.39, 0.29) is 6.54 Å². The van der Waals surface area contributed by atoms with Gasteiger partial charge in [-0.3, -0.25) is 5.10 Å². The molecule has 1 heterocycles. The third kappa shape index (κ3) is 2.67. The normalized spacial score (nSPS) is 16.5. The highest BCUT2D eigenvalue weighted by Crippen LogP contribution is 2.32. The molecule has 0 aromatic carbocycles. The Morgan fingerprint density at radius 3 is 2.63 bits per heavy atom. The second-order valence-electron chi connectivity index (χ2n) is 4.86. The topological polar surface area (TPSA) is 111 Å². The highest BCUT2D eigenvalue weighted by molar-refractivity contribution is 5.87. The first-order chi connectivity index (χ1) is 8.93. The monoisotopic (exact) mass is 267 g/mol. The highest BCUT2D eigenvalue weighted by atomic mass is 16.4. The number of nitrogens with zero attached hydrogens (tertiary/aromatic N) is 3. The molecule has 1 fully saturated rings. The van der Waals surface area contributed by atoms with Gasteiger partial charge in [0.15, 0.2) is 5.82 Å². The van der Waals surface area contributed by atoms with Gasteiger partial charge in [0.25, 0.3) is 0 Å². The average Bonchev–Trinajstić information content (AvgIpc) is 2.68. The van der Waals surface area contributed by atoms with E-state index in [1.54, 1.807) is 14.0 Å². The van der Waals surface area contributed by atoms with Crippen LogP contribution in [0.15, 0.2) is 0 Å². The fourth-order valence-electron chi connectivity index (χ4n) is 1.97. The lowest BCUT2D eigenvalue weighted by Gasteiger charge is -2.39. The Hall–Kier alpha value is -2.12. The molecular weight excluding hydrogens is 250 g/mol. The number of H-pyrrole nitrogens is 1. The SMILES string of the molecule is Cc1nc(CN(C)C(=O)NC2(C(=O)O)CCC2)n[nH]1. The lowest BCUT2D eigenvalue weighted by molar-refractivity contribution is -0.148. The highest BCUT2D eigenvalue weighted by Gasteiger charge is 2.46. The van der Waals surface area contributed by atoms with E-state index >= 15 is 0 Å². The summed E-state index contributed by atoms with van der Waals surface area (Å²) in [6.07, 6.45) is 1.76. The Kier molecular flexibility index (Phi) is 3.41. The zero-order valence-corrected chi connectivity index (χ0v) is 10.9. The minimum atomic E-state index is -1.10. The molecule has 8 nitrogen and oxygen atoms in total. The van der Waals surface area contributed by atoms with Crippen molar-refractivity contribution in [2.24, 2.45) is 0 Å². The van der Waals surface area contributed by atoms with Crippen LogP contribution in [0.25, 0.3) is 0 Å². The van der Waals surface area contributed by atoms with Gasteiger partial charge in [-0.05, 0) is 26.2 Å². The van der Waals surface area contributed by atoms with Crippen LogP contribution in [0, 0.1) is 6.92 Å². The Labute approximate surface area is 110 Å². The summed E-state index contributed by atoms with van der Waals surface area (Å²) in [6.45, 7) is 2.00. The number of urea groups is 1. The van der Waals surface area contributed by atoms with Crippen LogP contribution >= 0.6 is 0 Å². The number of aromatic nitrogens is 3. The van der Waals surface area contributed by atoms with E-state index < -0.39 is 17.5 Å². The molecule has 0 saturated heterocycles. The van der Waals surface area contributed by atoms with E-state index in [0.29, 0.717) is 24.5 Å². The second-order valence-corrected chi connectivity index (χ2v) is 4.86. The summed E-state index contributed by atoms with van der Waals surface area (Å²) in [5.74, 6) is 0.187. The summed E-state index contributed by atoms with van der Waals surface area (Å²) >= 11 is 0. The van der Waals surface area contributed by atoms with Crippen molar-refractivity contribution >= 4 is 12.0 Å². The number of hydrogen-bond donors (Lipinski definition) is 3. The lowest BCUT2D eigenvalue weighted by atomic mass is 9.77. The third-order valence-corrected chi connectivity index (χ3v) is 3.33. The van der Waals surface area contributed by atoms with E-state index in [1.165, 1.54) is 4.90 Å². The molecule has 0 aliphatic heterocycles. The van der Waals surface area contributed by atoms with Crippen molar-refractivity contribution in [1.29, 1.82) is 0 Å². The summed E-state index contributed by atoms with van der Waals surface area (Å²) < 4.78 is 0. The van der Waals surface area contributed by atoms with Crippen molar-refractivity contribution in [2.75, 3.05) is 7.05 Å². The van der Waals surface area contributed by atoms with Gasteiger partial charge in [0, 0.05) is 7.05 Å². The number of aliphatic carboxylic acids is 1. The van der Waals surface area contributed by atoms with Gasteiger partial charge in [0.05, 0.1) is 6.54 Å². The van der Waals surface area contributed by atoms with Crippen LogP contribution in [-0.4, -0.2) is 49.8 Å². The number of carboxylic acid groups (broad SMARTS) is 1. The van der Waals surface area contributed by atoms with E-state index in [2.05, 4.69) is 20.5 Å².